The van der Waals surface area contributed by atoms with Gasteiger partial charge in [-0.2, -0.15) is 0 Å². The van der Waals surface area contributed by atoms with Crippen LogP contribution in [-0.4, -0.2) is 45.8 Å². The number of thiophene rings is 1. The molecule has 2 aromatic rings. The van der Waals surface area contributed by atoms with Crippen molar-refractivity contribution < 1.29 is 9.59 Å². The van der Waals surface area contributed by atoms with E-state index in [2.05, 4.69) is 15.5 Å². The first-order chi connectivity index (χ1) is 11.2. The topological polar surface area (TPSA) is 75.2 Å². The number of nitrogens with zero attached hydrogens (tertiary/aromatic N) is 3. The normalized spacial score (nSPS) is 14.0. The molecule has 0 radical (unpaired) electrons. The summed E-state index contributed by atoms with van der Waals surface area (Å²) in [6.45, 7) is 1.72. The van der Waals surface area contributed by atoms with Gasteiger partial charge >= 0.3 is 0 Å². The van der Waals surface area contributed by atoms with Crippen LogP contribution in [0.3, 0.4) is 0 Å². The van der Waals surface area contributed by atoms with E-state index in [9.17, 15) is 9.59 Å². The van der Waals surface area contributed by atoms with Crippen LogP contribution in [0.5, 0.6) is 0 Å². The van der Waals surface area contributed by atoms with Gasteiger partial charge in [0, 0.05) is 13.1 Å². The molecule has 3 heterocycles. The Bertz CT molecular complexity index is 667. The minimum Gasteiger partial charge on any atom is -0.342 e. The van der Waals surface area contributed by atoms with Gasteiger partial charge in [0.2, 0.25) is 5.91 Å². The lowest BCUT2D eigenvalue weighted by molar-refractivity contribution is -0.127. The Hall–Kier alpha value is -1.93. The van der Waals surface area contributed by atoms with Gasteiger partial charge in [-0.3, -0.25) is 9.59 Å². The molecule has 0 atom stereocenters. The summed E-state index contributed by atoms with van der Waals surface area (Å²) in [5.74, 6) is 0.720. The van der Waals surface area contributed by atoms with Gasteiger partial charge in [-0.05, 0) is 36.4 Å². The van der Waals surface area contributed by atoms with Gasteiger partial charge in [0.15, 0.2) is 5.82 Å². The molecule has 120 valence electrons. The summed E-state index contributed by atoms with van der Waals surface area (Å²) in [6, 6.07) is 7.03. The van der Waals surface area contributed by atoms with Gasteiger partial charge in [-0.1, -0.05) is 17.8 Å². The molecule has 6 nitrogen and oxygen atoms in total. The molecule has 0 aromatic carbocycles. The van der Waals surface area contributed by atoms with Crippen LogP contribution in [0.2, 0.25) is 0 Å². The van der Waals surface area contributed by atoms with E-state index in [4.69, 9.17) is 0 Å². The monoisotopic (exact) mass is 348 g/mol. The van der Waals surface area contributed by atoms with Crippen LogP contribution in [0, 0.1) is 0 Å². The first kappa shape index (κ1) is 15.9. The maximum absolute atomic E-state index is 12.0. The van der Waals surface area contributed by atoms with E-state index in [1.807, 2.05) is 16.3 Å². The molecule has 1 fully saturated rings. The summed E-state index contributed by atoms with van der Waals surface area (Å²) in [5, 5.41) is 13.2. The van der Waals surface area contributed by atoms with E-state index in [1.165, 1.54) is 23.1 Å². The number of thioether (sulfide) groups is 1. The number of nitrogens with one attached hydrogen (secondary N) is 1. The van der Waals surface area contributed by atoms with Gasteiger partial charge in [0.05, 0.1) is 10.6 Å². The molecule has 0 aliphatic carbocycles. The summed E-state index contributed by atoms with van der Waals surface area (Å²) >= 11 is 2.74. The van der Waals surface area contributed by atoms with Crippen molar-refractivity contribution in [3.63, 3.8) is 0 Å². The summed E-state index contributed by atoms with van der Waals surface area (Å²) in [4.78, 5) is 26.4. The third-order valence-corrected chi connectivity index (χ3v) is 5.20. The molecule has 0 unspecified atom stereocenters. The highest BCUT2D eigenvalue weighted by Crippen LogP contribution is 2.18. The fourth-order valence-electron chi connectivity index (χ4n) is 2.24. The van der Waals surface area contributed by atoms with Crippen molar-refractivity contribution in [2.45, 2.75) is 17.9 Å². The molecule has 0 bridgehead atoms. The minimum atomic E-state index is -0.195. The number of amides is 2. The van der Waals surface area contributed by atoms with Crippen LogP contribution < -0.4 is 5.32 Å². The lowest BCUT2D eigenvalue weighted by atomic mass is 10.4. The number of carbonyl (C=O) groups excluding carboxylic acids is 2. The molecule has 2 aromatic heterocycles. The molecule has 1 saturated heterocycles. The van der Waals surface area contributed by atoms with Gasteiger partial charge in [0.25, 0.3) is 5.91 Å². The van der Waals surface area contributed by atoms with Crippen molar-refractivity contribution in [2.24, 2.45) is 0 Å². The summed E-state index contributed by atoms with van der Waals surface area (Å²) < 4.78 is 0. The minimum absolute atomic E-state index is 0.143. The first-order valence-electron chi connectivity index (χ1n) is 7.31. The van der Waals surface area contributed by atoms with Crippen LogP contribution in [0.4, 0.5) is 5.82 Å². The van der Waals surface area contributed by atoms with Gasteiger partial charge in [-0.15, -0.1) is 21.5 Å². The van der Waals surface area contributed by atoms with E-state index in [-0.39, 0.29) is 11.8 Å². The van der Waals surface area contributed by atoms with E-state index in [0.717, 1.165) is 25.9 Å². The van der Waals surface area contributed by atoms with Gasteiger partial charge in [0.1, 0.15) is 5.03 Å². The summed E-state index contributed by atoms with van der Waals surface area (Å²) in [6.07, 6.45) is 2.18. The maximum atomic E-state index is 12.0. The van der Waals surface area contributed by atoms with Crippen LogP contribution in [-0.2, 0) is 4.79 Å². The molecule has 0 spiro atoms. The highest BCUT2D eigenvalue weighted by Gasteiger charge is 2.18. The highest BCUT2D eigenvalue weighted by atomic mass is 32.2. The zero-order chi connectivity index (χ0) is 16.1. The molecule has 23 heavy (non-hydrogen) atoms. The fraction of sp³-hybridized carbons (Fsp3) is 0.333. The Kier molecular flexibility index (Phi) is 5.24. The van der Waals surface area contributed by atoms with Crippen molar-refractivity contribution >= 4 is 40.7 Å². The molecule has 3 rings (SSSR count). The Morgan fingerprint density at radius 1 is 1.22 bits per heavy atom. The fourth-order valence-corrected chi connectivity index (χ4v) is 3.58. The van der Waals surface area contributed by atoms with Crippen molar-refractivity contribution in [1.29, 1.82) is 0 Å². The van der Waals surface area contributed by atoms with E-state index >= 15 is 0 Å². The zero-order valence-corrected chi connectivity index (χ0v) is 14.0. The van der Waals surface area contributed by atoms with Crippen LogP contribution in [0.15, 0.2) is 34.7 Å². The van der Waals surface area contributed by atoms with Gasteiger partial charge < -0.3 is 10.2 Å². The van der Waals surface area contributed by atoms with E-state index < -0.39 is 0 Å². The lowest BCUT2D eigenvalue weighted by Crippen LogP contribution is -2.29. The average molecular weight is 348 g/mol. The summed E-state index contributed by atoms with van der Waals surface area (Å²) in [5.41, 5.74) is 0. The quantitative estimate of drug-likeness (QED) is 0.840. The number of carbonyl (C=O) groups is 2. The molecule has 0 saturated carbocycles. The molecule has 1 N–H and O–H groups in total. The lowest BCUT2D eigenvalue weighted by Gasteiger charge is -2.14. The Balaban J connectivity index is 1.50. The van der Waals surface area contributed by atoms with Gasteiger partial charge in [-0.25, -0.2) is 0 Å². The second kappa shape index (κ2) is 7.56. The predicted molar refractivity (Wildman–Crippen MR) is 90.8 cm³/mol. The number of hydrogen-bond donors (Lipinski definition) is 1. The second-order valence-electron chi connectivity index (χ2n) is 5.06. The number of aromatic nitrogens is 2. The molecule has 8 heteroatoms. The Morgan fingerprint density at radius 2 is 2.04 bits per heavy atom. The van der Waals surface area contributed by atoms with E-state index in [1.54, 1.807) is 18.2 Å². The molecule has 2 amide bonds. The zero-order valence-electron chi connectivity index (χ0n) is 12.4. The smallest absolute Gasteiger partial charge is 0.266 e. The second-order valence-corrected chi connectivity index (χ2v) is 7.01. The first-order valence-corrected chi connectivity index (χ1v) is 9.18. The Labute approximate surface area is 142 Å². The third kappa shape index (κ3) is 4.29. The molecule has 1 aliphatic heterocycles. The van der Waals surface area contributed by atoms with Crippen LogP contribution in [0.25, 0.3) is 0 Å². The molecular formula is C15H16N4O2S2. The highest BCUT2D eigenvalue weighted by molar-refractivity contribution is 7.99. The average Bonchev–Trinajstić information content (AvgIpc) is 3.27. The Morgan fingerprint density at radius 3 is 2.70 bits per heavy atom. The van der Waals surface area contributed by atoms with Crippen molar-refractivity contribution in [1.82, 2.24) is 15.1 Å². The van der Waals surface area contributed by atoms with E-state index in [0.29, 0.717) is 21.5 Å². The predicted octanol–water partition coefficient (Wildman–Crippen LogP) is 2.50. The number of rotatable bonds is 5. The van der Waals surface area contributed by atoms with Crippen molar-refractivity contribution in [3.8, 4) is 0 Å². The number of anilines is 1. The van der Waals surface area contributed by atoms with Crippen LogP contribution in [0.1, 0.15) is 22.5 Å². The maximum Gasteiger partial charge on any atom is 0.266 e. The SMILES string of the molecule is O=C(Nc1ccc(SCC(=O)N2CCCC2)nn1)c1cccs1. The van der Waals surface area contributed by atoms with Crippen molar-refractivity contribution in [2.75, 3.05) is 24.2 Å². The third-order valence-electron chi connectivity index (χ3n) is 3.43. The van der Waals surface area contributed by atoms with Crippen LogP contribution >= 0.6 is 23.1 Å². The van der Waals surface area contributed by atoms with Crippen molar-refractivity contribution in [3.05, 3.63) is 34.5 Å². The molecule has 1 aliphatic rings. The summed E-state index contributed by atoms with van der Waals surface area (Å²) in [7, 11) is 0. The molecular weight excluding hydrogens is 332 g/mol. The number of likely N-dealkylation sites (tertiary alicyclic amines) is 1. The standard InChI is InChI=1S/C15H16N4O2S2/c20-14(19-7-1-2-8-19)10-23-13-6-5-12(17-18-13)16-15(21)11-4-3-9-22-11/h3-6,9H,1-2,7-8,10H2,(H,16,17,21). The number of hydrogen-bond acceptors (Lipinski definition) is 6. The largest absolute Gasteiger partial charge is 0.342 e.